The van der Waals surface area contributed by atoms with Crippen LogP contribution >= 0.6 is 27.5 Å². The zero-order valence-electron chi connectivity index (χ0n) is 7.87. The van der Waals surface area contributed by atoms with Gasteiger partial charge in [-0.1, -0.05) is 46.3 Å². The van der Waals surface area contributed by atoms with Gasteiger partial charge in [-0.3, -0.25) is 0 Å². The summed E-state index contributed by atoms with van der Waals surface area (Å²) in [5, 5.41) is -0.00583. The van der Waals surface area contributed by atoms with Crippen molar-refractivity contribution in [1.82, 2.24) is 0 Å². The molecule has 15 heavy (non-hydrogen) atoms. The lowest BCUT2D eigenvalue weighted by molar-refractivity contribution is 1.20. The molecule has 0 heterocycles. The van der Waals surface area contributed by atoms with Gasteiger partial charge < -0.3 is 0 Å². The SMILES string of the molecule is ClC1c2ccccc2-c2ccc(Br)cc21. The highest BCUT2D eigenvalue weighted by Crippen LogP contribution is 2.47. The Morgan fingerprint density at radius 1 is 0.933 bits per heavy atom. The van der Waals surface area contributed by atoms with E-state index in [9.17, 15) is 0 Å². The average molecular weight is 280 g/mol. The van der Waals surface area contributed by atoms with Crippen LogP contribution in [-0.4, -0.2) is 0 Å². The maximum absolute atomic E-state index is 6.42. The second-order valence-electron chi connectivity index (χ2n) is 3.68. The minimum absolute atomic E-state index is 0.00583. The Hall–Kier alpha value is -0.790. The van der Waals surface area contributed by atoms with Crippen LogP contribution in [0.3, 0.4) is 0 Å². The molecule has 0 saturated carbocycles. The molecule has 1 aliphatic rings. The summed E-state index contributed by atoms with van der Waals surface area (Å²) in [5.74, 6) is 0. The molecule has 0 saturated heterocycles. The van der Waals surface area contributed by atoms with Crippen LogP contribution in [0.4, 0.5) is 0 Å². The molecule has 0 nitrogen and oxygen atoms in total. The van der Waals surface area contributed by atoms with Crippen LogP contribution < -0.4 is 0 Å². The second-order valence-corrected chi connectivity index (χ2v) is 5.03. The van der Waals surface area contributed by atoms with Gasteiger partial charge in [0.2, 0.25) is 0 Å². The second kappa shape index (κ2) is 3.36. The van der Waals surface area contributed by atoms with Gasteiger partial charge in [-0.25, -0.2) is 0 Å². The van der Waals surface area contributed by atoms with Crippen molar-refractivity contribution in [2.45, 2.75) is 5.38 Å². The van der Waals surface area contributed by atoms with E-state index < -0.39 is 0 Å². The van der Waals surface area contributed by atoms with Crippen molar-refractivity contribution in [3.05, 3.63) is 58.1 Å². The van der Waals surface area contributed by atoms with Crippen LogP contribution in [0.15, 0.2) is 46.9 Å². The number of alkyl halides is 1. The summed E-state index contributed by atoms with van der Waals surface area (Å²) in [6.07, 6.45) is 0. The first-order valence-electron chi connectivity index (χ1n) is 4.80. The van der Waals surface area contributed by atoms with Gasteiger partial charge >= 0.3 is 0 Å². The molecule has 1 atom stereocenters. The highest BCUT2D eigenvalue weighted by atomic mass is 79.9. The van der Waals surface area contributed by atoms with E-state index in [2.05, 4.69) is 52.3 Å². The summed E-state index contributed by atoms with van der Waals surface area (Å²) in [4.78, 5) is 0. The zero-order valence-corrected chi connectivity index (χ0v) is 10.2. The molecule has 1 aliphatic carbocycles. The van der Waals surface area contributed by atoms with Gasteiger partial charge in [-0.15, -0.1) is 11.6 Å². The molecule has 1 unspecified atom stereocenters. The van der Waals surface area contributed by atoms with Crippen LogP contribution in [0.25, 0.3) is 11.1 Å². The number of benzene rings is 2. The Bertz CT molecular complexity index is 534. The summed E-state index contributed by atoms with van der Waals surface area (Å²) < 4.78 is 1.08. The van der Waals surface area contributed by atoms with E-state index in [-0.39, 0.29) is 5.38 Å². The minimum Gasteiger partial charge on any atom is -0.113 e. The van der Waals surface area contributed by atoms with E-state index >= 15 is 0 Å². The molecule has 0 aromatic heterocycles. The molecule has 0 bridgehead atoms. The lowest BCUT2D eigenvalue weighted by Crippen LogP contribution is -1.85. The molecule has 3 rings (SSSR count). The van der Waals surface area contributed by atoms with Crippen molar-refractivity contribution in [3.8, 4) is 11.1 Å². The summed E-state index contributed by atoms with van der Waals surface area (Å²) in [6.45, 7) is 0. The average Bonchev–Trinajstić information content (AvgIpc) is 2.54. The van der Waals surface area contributed by atoms with Crippen LogP contribution in [0.5, 0.6) is 0 Å². The first-order chi connectivity index (χ1) is 7.27. The Kier molecular flexibility index (Phi) is 2.11. The van der Waals surface area contributed by atoms with Gasteiger partial charge in [0, 0.05) is 4.47 Å². The molecule has 74 valence electrons. The lowest BCUT2D eigenvalue weighted by atomic mass is 10.1. The first kappa shape index (κ1) is 9.44. The molecular formula is C13H8BrCl. The van der Waals surface area contributed by atoms with Crippen LogP contribution in [0.2, 0.25) is 0 Å². The molecular weight excluding hydrogens is 272 g/mol. The number of hydrogen-bond donors (Lipinski definition) is 0. The molecule has 0 spiro atoms. The van der Waals surface area contributed by atoms with Gasteiger partial charge in [0.15, 0.2) is 0 Å². The number of rotatable bonds is 0. The molecule has 2 heteroatoms. The van der Waals surface area contributed by atoms with Crippen LogP contribution in [0.1, 0.15) is 16.5 Å². The van der Waals surface area contributed by atoms with Gasteiger partial charge in [0.25, 0.3) is 0 Å². The van der Waals surface area contributed by atoms with Gasteiger partial charge in [-0.05, 0) is 34.4 Å². The van der Waals surface area contributed by atoms with Crippen molar-refractivity contribution in [2.24, 2.45) is 0 Å². The lowest BCUT2D eigenvalue weighted by Gasteiger charge is -2.03. The molecule has 0 amide bonds. The first-order valence-corrected chi connectivity index (χ1v) is 6.03. The quantitative estimate of drug-likeness (QED) is 0.610. The predicted octanol–water partition coefficient (Wildman–Crippen LogP) is 4.76. The van der Waals surface area contributed by atoms with E-state index in [0.717, 1.165) is 4.47 Å². The van der Waals surface area contributed by atoms with Gasteiger partial charge in [0.05, 0.1) is 5.38 Å². The molecule has 0 N–H and O–H groups in total. The topological polar surface area (TPSA) is 0 Å². The van der Waals surface area contributed by atoms with E-state index in [1.165, 1.54) is 22.3 Å². The maximum Gasteiger partial charge on any atom is 0.0847 e. The third-order valence-corrected chi connectivity index (χ3v) is 3.77. The maximum atomic E-state index is 6.42. The standard InChI is InChI=1S/C13H8BrCl/c14-8-5-6-10-9-3-1-2-4-11(9)13(15)12(10)7-8/h1-7,13H. The summed E-state index contributed by atoms with van der Waals surface area (Å²) in [5.41, 5.74) is 4.94. The summed E-state index contributed by atoms with van der Waals surface area (Å²) >= 11 is 9.90. The van der Waals surface area contributed by atoms with E-state index in [1.807, 2.05) is 6.07 Å². The Morgan fingerprint density at radius 2 is 1.67 bits per heavy atom. The third kappa shape index (κ3) is 1.34. The molecule has 0 fully saturated rings. The van der Waals surface area contributed by atoms with Gasteiger partial charge in [0.1, 0.15) is 0 Å². The van der Waals surface area contributed by atoms with E-state index in [1.54, 1.807) is 0 Å². The normalized spacial score (nSPS) is 17.3. The largest absolute Gasteiger partial charge is 0.113 e. The highest BCUT2D eigenvalue weighted by Gasteiger charge is 2.26. The third-order valence-electron chi connectivity index (χ3n) is 2.81. The fourth-order valence-electron chi connectivity index (χ4n) is 2.12. The Morgan fingerprint density at radius 3 is 2.53 bits per heavy atom. The van der Waals surface area contributed by atoms with Crippen molar-refractivity contribution in [2.75, 3.05) is 0 Å². The molecule has 0 radical (unpaired) electrons. The fourth-order valence-corrected chi connectivity index (χ4v) is 2.87. The van der Waals surface area contributed by atoms with Crippen molar-refractivity contribution in [3.63, 3.8) is 0 Å². The molecule has 2 aromatic carbocycles. The Labute approximate surface area is 102 Å². The summed E-state index contributed by atoms with van der Waals surface area (Å²) in [6, 6.07) is 14.6. The minimum atomic E-state index is -0.00583. The van der Waals surface area contributed by atoms with E-state index in [0.29, 0.717) is 0 Å². The smallest absolute Gasteiger partial charge is 0.0847 e. The van der Waals surface area contributed by atoms with Crippen molar-refractivity contribution >= 4 is 27.5 Å². The monoisotopic (exact) mass is 278 g/mol. The van der Waals surface area contributed by atoms with Gasteiger partial charge in [-0.2, -0.15) is 0 Å². The number of halogens is 2. The van der Waals surface area contributed by atoms with Crippen molar-refractivity contribution in [1.29, 1.82) is 0 Å². The van der Waals surface area contributed by atoms with Crippen LogP contribution in [-0.2, 0) is 0 Å². The van der Waals surface area contributed by atoms with Crippen LogP contribution in [0, 0.1) is 0 Å². The molecule has 0 aliphatic heterocycles. The van der Waals surface area contributed by atoms with Crippen molar-refractivity contribution < 1.29 is 0 Å². The van der Waals surface area contributed by atoms with E-state index in [4.69, 9.17) is 11.6 Å². The Balaban J connectivity index is 2.32. The highest BCUT2D eigenvalue weighted by molar-refractivity contribution is 9.10. The fraction of sp³-hybridized carbons (Fsp3) is 0.0769. The summed E-state index contributed by atoms with van der Waals surface area (Å²) in [7, 11) is 0. The molecule has 2 aromatic rings. The number of fused-ring (bicyclic) bond motifs is 3. The number of hydrogen-bond acceptors (Lipinski definition) is 0. The predicted molar refractivity (Wildman–Crippen MR) is 67.3 cm³/mol. The zero-order chi connectivity index (χ0) is 10.4.